The molecule has 3 N–H and O–H groups in total. The first-order valence-electron chi connectivity index (χ1n) is 7.92. The number of carbonyl (C=O) groups is 1. The molecule has 1 atom stereocenters. The van der Waals surface area contributed by atoms with Gasteiger partial charge in [0.1, 0.15) is 16.4 Å². The van der Waals surface area contributed by atoms with E-state index in [9.17, 15) is 13.2 Å². The Labute approximate surface area is 137 Å². The summed E-state index contributed by atoms with van der Waals surface area (Å²) in [4.78, 5) is 11.8. The number of hydrogen-bond donors (Lipinski definition) is 2. The highest BCUT2D eigenvalue weighted by Crippen LogP contribution is 2.28. The Hall–Kier alpha value is -1.38. The van der Waals surface area contributed by atoms with Crippen LogP contribution in [-0.2, 0) is 14.8 Å². The quantitative estimate of drug-likeness (QED) is 0.798. The maximum absolute atomic E-state index is 12.9. The highest BCUT2D eigenvalue weighted by molar-refractivity contribution is 7.89. The van der Waals surface area contributed by atoms with Gasteiger partial charge >= 0.3 is 0 Å². The van der Waals surface area contributed by atoms with Crippen LogP contribution in [0.1, 0.15) is 37.2 Å². The summed E-state index contributed by atoms with van der Waals surface area (Å²) < 4.78 is 32.7. The molecule has 7 nitrogen and oxygen atoms in total. The number of hydrogen-bond acceptors (Lipinski definition) is 5. The SMILES string of the molecule is Cc1cc(S(=O)(=O)N2CCCCC2CNC(=O)CCN)c(C)o1. The smallest absolute Gasteiger partial charge is 0.246 e. The van der Waals surface area contributed by atoms with E-state index in [1.54, 1.807) is 19.9 Å². The van der Waals surface area contributed by atoms with Crippen LogP contribution in [0.15, 0.2) is 15.4 Å². The number of rotatable bonds is 6. The van der Waals surface area contributed by atoms with Gasteiger partial charge in [0.2, 0.25) is 15.9 Å². The Bertz CT molecular complexity index is 654. The Morgan fingerprint density at radius 1 is 1.43 bits per heavy atom. The third-order valence-corrected chi connectivity index (χ3v) is 6.12. The standard InChI is InChI=1S/C15H25N3O4S/c1-11-9-14(12(2)22-11)23(20,21)18-8-4-3-5-13(18)10-17-15(19)6-7-16/h9,13H,3-8,10,16H2,1-2H3,(H,17,19). The van der Waals surface area contributed by atoms with Crippen LogP contribution in [0, 0.1) is 13.8 Å². The molecule has 0 radical (unpaired) electrons. The minimum atomic E-state index is -3.62. The molecular weight excluding hydrogens is 318 g/mol. The molecule has 2 heterocycles. The van der Waals surface area contributed by atoms with E-state index in [0.29, 0.717) is 24.6 Å². The van der Waals surface area contributed by atoms with Crippen molar-refractivity contribution in [1.82, 2.24) is 9.62 Å². The fourth-order valence-corrected chi connectivity index (χ4v) is 4.85. The number of nitrogens with two attached hydrogens (primary N) is 1. The molecule has 1 aromatic rings. The molecule has 0 aromatic carbocycles. The van der Waals surface area contributed by atoms with E-state index >= 15 is 0 Å². The van der Waals surface area contributed by atoms with Gasteiger partial charge in [-0.05, 0) is 32.8 Å². The lowest BCUT2D eigenvalue weighted by Gasteiger charge is -2.34. The van der Waals surface area contributed by atoms with Crippen molar-refractivity contribution in [2.75, 3.05) is 19.6 Å². The lowest BCUT2D eigenvalue weighted by atomic mass is 10.1. The number of sulfonamides is 1. The third-order valence-electron chi connectivity index (χ3n) is 4.06. The minimum absolute atomic E-state index is 0.147. The number of aryl methyl sites for hydroxylation is 2. The average Bonchev–Trinajstić information content (AvgIpc) is 2.85. The predicted molar refractivity (Wildman–Crippen MR) is 86.4 cm³/mol. The van der Waals surface area contributed by atoms with Gasteiger partial charge in [-0.25, -0.2) is 8.42 Å². The second kappa shape index (κ2) is 7.46. The first-order chi connectivity index (χ1) is 10.9. The number of nitrogens with zero attached hydrogens (tertiary/aromatic N) is 1. The van der Waals surface area contributed by atoms with Crippen LogP contribution in [0.3, 0.4) is 0 Å². The maximum Gasteiger partial charge on any atom is 0.246 e. The summed E-state index contributed by atoms with van der Waals surface area (Å²) in [7, 11) is -3.62. The summed E-state index contributed by atoms with van der Waals surface area (Å²) in [6.07, 6.45) is 2.76. The highest BCUT2D eigenvalue weighted by Gasteiger charge is 2.35. The van der Waals surface area contributed by atoms with Gasteiger partial charge in [0.05, 0.1) is 0 Å². The van der Waals surface area contributed by atoms with E-state index in [4.69, 9.17) is 10.2 Å². The largest absolute Gasteiger partial charge is 0.465 e. The zero-order valence-electron chi connectivity index (χ0n) is 13.7. The Morgan fingerprint density at radius 2 is 2.17 bits per heavy atom. The maximum atomic E-state index is 12.9. The van der Waals surface area contributed by atoms with E-state index in [2.05, 4.69) is 5.32 Å². The number of carbonyl (C=O) groups excluding carboxylic acids is 1. The van der Waals surface area contributed by atoms with Crippen molar-refractivity contribution in [2.45, 2.75) is 50.5 Å². The summed E-state index contributed by atoms with van der Waals surface area (Å²) >= 11 is 0. The van der Waals surface area contributed by atoms with Crippen LogP contribution in [0.5, 0.6) is 0 Å². The first kappa shape index (κ1) is 18.0. The van der Waals surface area contributed by atoms with E-state index in [-0.39, 0.29) is 29.8 Å². The van der Waals surface area contributed by atoms with Crippen LogP contribution in [0.4, 0.5) is 0 Å². The van der Waals surface area contributed by atoms with Gasteiger partial charge in [0.15, 0.2) is 0 Å². The van der Waals surface area contributed by atoms with Crippen LogP contribution in [0.25, 0.3) is 0 Å². The molecule has 0 saturated carbocycles. The zero-order chi connectivity index (χ0) is 17.0. The monoisotopic (exact) mass is 343 g/mol. The lowest BCUT2D eigenvalue weighted by Crippen LogP contribution is -2.49. The lowest BCUT2D eigenvalue weighted by molar-refractivity contribution is -0.121. The van der Waals surface area contributed by atoms with Gasteiger partial charge in [0, 0.05) is 32.1 Å². The summed E-state index contributed by atoms with van der Waals surface area (Å²) in [6, 6.07) is 1.33. The average molecular weight is 343 g/mol. The minimum Gasteiger partial charge on any atom is -0.465 e. The molecular formula is C15H25N3O4S. The van der Waals surface area contributed by atoms with Crippen LogP contribution >= 0.6 is 0 Å². The molecule has 1 aromatic heterocycles. The third kappa shape index (κ3) is 4.13. The Morgan fingerprint density at radius 3 is 2.78 bits per heavy atom. The molecule has 0 bridgehead atoms. The van der Waals surface area contributed by atoms with Crippen molar-refractivity contribution >= 4 is 15.9 Å². The Kier molecular flexibility index (Phi) is 5.83. The summed E-state index contributed by atoms with van der Waals surface area (Å²) in [5, 5.41) is 2.78. The van der Waals surface area contributed by atoms with Gasteiger partial charge in [-0.3, -0.25) is 4.79 Å². The second-order valence-electron chi connectivity index (χ2n) is 5.89. The van der Waals surface area contributed by atoms with E-state index in [1.807, 2.05) is 0 Å². The molecule has 0 spiro atoms. The number of nitrogens with one attached hydrogen (secondary N) is 1. The molecule has 8 heteroatoms. The van der Waals surface area contributed by atoms with Crippen LogP contribution in [0.2, 0.25) is 0 Å². The van der Waals surface area contributed by atoms with Crippen molar-refractivity contribution in [3.8, 4) is 0 Å². The number of piperidine rings is 1. The molecule has 0 aliphatic carbocycles. The van der Waals surface area contributed by atoms with E-state index in [0.717, 1.165) is 19.3 Å². The molecule has 1 unspecified atom stereocenters. The summed E-state index contributed by atoms with van der Waals surface area (Å²) in [5.41, 5.74) is 5.35. The molecule has 1 amide bonds. The van der Waals surface area contributed by atoms with Crippen molar-refractivity contribution < 1.29 is 17.6 Å². The fraction of sp³-hybridized carbons (Fsp3) is 0.667. The molecule has 130 valence electrons. The van der Waals surface area contributed by atoms with Crippen molar-refractivity contribution in [1.29, 1.82) is 0 Å². The molecule has 1 aliphatic heterocycles. The number of furan rings is 1. The summed E-state index contributed by atoms with van der Waals surface area (Å²) in [6.45, 7) is 4.44. The van der Waals surface area contributed by atoms with Crippen molar-refractivity contribution in [3.63, 3.8) is 0 Å². The topological polar surface area (TPSA) is 106 Å². The van der Waals surface area contributed by atoms with Crippen LogP contribution < -0.4 is 11.1 Å². The van der Waals surface area contributed by atoms with Gasteiger partial charge in [-0.1, -0.05) is 6.42 Å². The molecule has 1 aliphatic rings. The summed E-state index contributed by atoms with van der Waals surface area (Å²) in [5.74, 6) is 0.829. The van der Waals surface area contributed by atoms with Gasteiger partial charge in [-0.2, -0.15) is 4.31 Å². The van der Waals surface area contributed by atoms with Crippen molar-refractivity contribution in [2.24, 2.45) is 5.73 Å². The van der Waals surface area contributed by atoms with E-state index in [1.165, 1.54) is 4.31 Å². The zero-order valence-corrected chi connectivity index (χ0v) is 14.5. The van der Waals surface area contributed by atoms with E-state index < -0.39 is 10.0 Å². The van der Waals surface area contributed by atoms with Crippen LogP contribution in [-0.4, -0.2) is 44.3 Å². The first-order valence-corrected chi connectivity index (χ1v) is 9.36. The van der Waals surface area contributed by atoms with Gasteiger partial charge in [-0.15, -0.1) is 0 Å². The predicted octanol–water partition coefficient (Wildman–Crippen LogP) is 0.905. The van der Waals surface area contributed by atoms with Gasteiger partial charge in [0.25, 0.3) is 0 Å². The molecule has 1 fully saturated rings. The number of amides is 1. The molecule has 2 rings (SSSR count). The van der Waals surface area contributed by atoms with Crippen molar-refractivity contribution in [3.05, 3.63) is 17.6 Å². The highest BCUT2D eigenvalue weighted by atomic mass is 32.2. The fourth-order valence-electron chi connectivity index (χ4n) is 2.94. The second-order valence-corrected chi connectivity index (χ2v) is 7.74. The molecule has 1 saturated heterocycles. The Balaban J connectivity index is 2.17. The normalized spacial score (nSPS) is 19.7. The van der Waals surface area contributed by atoms with Gasteiger partial charge < -0.3 is 15.5 Å². The molecule has 23 heavy (non-hydrogen) atoms.